The molecular weight excluding hydrogens is 260 g/mol. The van der Waals surface area contributed by atoms with Crippen molar-refractivity contribution in [2.45, 2.75) is 39.2 Å². The molecule has 0 radical (unpaired) electrons. The zero-order valence-corrected chi connectivity index (χ0v) is 11.6. The standard InChI is InChI=1S/C13H20N4O3/c1-9-2-4-10(5-3-9)12(18)14-6-7-17-8-11(13(19)20)15-16-17/h8-10H,2-7H2,1H3,(H,14,18)(H,19,20). The molecule has 0 saturated heterocycles. The van der Waals surface area contributed by atoms with Crippen molar-refractivity contribution in [3.05, 3.63) is 11.9 Å². The van der Waals surface area contributed by atoms with Gasteiger partial charge in [0.15, 0.2) is 5.69 Å². The number of carboxylic acid groups (broad SMARTS) is 1. The van der Waals surface area contributed by atoms with Crippen LogP contribution in [0.4, 0.5) is 0 Å². The van der Waals surface area contributed by atoms with Gasteiger partial charge in [0.25, 0.3) is 0 Å². The second-order valence-electron chi connectivity index (χ2n) is 5.42. The van der Waals surface area contributed by atoms with Gasteiger partial charge in [0, 0.05) is 12.5 Å². The van der Waals surface area contributed by atoms with E-state index in [-0.39, 0.29) is 17.5 Å². The first-order valence-electron chi connectivity index (χ1n) is 6.97. The number of carboxylic acids is 1. The molecule has 0 spiro atoms. The van der Waals surface area contributed by atoms with Crippen molar-refractivity contribution in [1.82, 2.24) is 20.3 Å². The number of nitrogens with one attached hydrogen (secondary N) is 1. The number of hydrogen-bond acceptors (Lipinski definition) is 4. The van der Waals surface area contributed by atoms with E-state index in [1.54, 1.807) is 0 Å². The Hall–Kier alpha value is -1.92. The first-order chi connectivity index (χ1) is 9.56. The van der Waals surface area contributed by atoms with Crippen molar-refractivity contribution in [3.63, 3.8) is 0 Å². The van der Waals surface area contributed by atoms with E-state index in [4.69, 9.17) is 5.11 Å². The van der Waals surface area contributed by atoms with E-state index >= 15 is 0 Å². The maximum Gasteiger partial charge on any atom is 0.358 e. The molecule has 7 nitrogen and oxygen atoms in total. The van der Waals surface area contributed by atoms with Crippen molar-refractivity contribution in [3.8, 4) is 0 Å². The lowest BCUT2D eigenvalue weighted by molar-refractivity contribution is -0.126. The Balaban J connectivity index is 1.72. The fourth-order valence-corrected chi connectivity index (χ4v) is 2.47. The molecule has 0 atom stereocenters. The number of aromatic carboxylic acids is 1. The molecule has 7 heteroatoms. The Labute approximate surface area is 117 Å². The van der Waals surface area contributed by atoms with E-state index in [1.165, 1.54) is 10.9 Å². The van der Waals surface area contributed by atoms with Gasteiger partial charge in [-0.2, -0.15) is 0 Å². The molecule has 110 valence electrons. The predicted octanol–water partition coefficient (Wildman–Crippen LogP) is 0.919. The normalized spacial score (nSPS) is 22.4. The second-order valence-corrected chi connectivity index (χ2v) is 5.42. The Kier molecular flexibility index (Phi) is 4.70. The maximum absolute atomic E-state index is 12.0. The topological polar surface area (TPSA) is 97.1 Å². The number of carbonyl (C=O) groups excluding carboxylic acids is 1. The highest BCUT2D eigenvalue weighted by Crippen LogP contribution is 2.28. The van der Waals surface area contributed by atoms with Crippen LogP contribution in [-0.4, -0.2) is 38.5 Å². The van der Waals surface area contributed by atoms with E-state index in [9.17, 15) is 9.59 Å². The molecule has 2 N–H and O–H groups in total. The molecule has 20 heavy (non-hydrogen) atoms. The molecule has 1 aromatic rings. The van der Waals surface area contributed by atoms with Gasteiger partial charge in [-0.15, -0.1) is 5.10 Å². The minimum absolute atomic E-state index is 0.0856. The lowest BCUT2D eigenvalue weighted by atomic mass is 9.82. The number of hydrogen-bond donors (Lipinski definition) is 2. The van der Waals surface area contributed by atoms with Gasteiger partial charge in [-0.05, 0) is 31.6 Å². The number of nitrogens with zero attached hydrogens (tertiary/aromatic N) is 3. The summed E-state index contributed by atoms with van der Waals surface area (Å²) in [7, 11) is 0. The summed E-state index contributed by atoms with van der Waals surface area (Å²) in [6.07, 6.45) is 5.50. The van der Waals surface area contributed by atoms with Gasteiger partial charge in [-0.3, -0.25) is 4.79 Å². The van der Waals surface area contributed by atoms with Gasteiger partial charge in [0.05, 0.1) is 12.7 Å². The van der Waals surface area contributed by atoms with Crippen molar-refractivity contribution >= 4 is 11.9 Å². The predicted molar refractivity (Wildman–Crippen MR) is 71.1 cm³/mol. The molecule has 1 aromatic heterocycles. The number of amides is 1. The average molecular weight is 280 g/mol. The number of aromatic nitrogens is 3. The van der Waals surface area contributed by atoms with Crippen molar-refractivity contribution < 1.29 is 14.7 Å². The first-order valence-corrected chi connectivity index (χ1v) is 6.97. The summed E-state index contributed by atoms with van der Waals surface area (Å²) in [6, 6.07) is 0. The number of rotatable bonds is 5. The van der Waals surface area contributed by atoms with E-state index < -0.39 is 5.97 Å². The maximum atomic E-state index is 12.0. The molecular formula is C13H20N4O3. The highest BCUT2D eigenvalue weighted by Gasteiger charge is 2.23. The summed E-state index contributed by atoms with van der Waals surface area (Å²) in [5.41, 5.74) is -0.0856. The van der Waals surface area contributed by atoms with Crippen LogP contribution in [0.5, 0.6) is 0 Å². The molecule has 1 heterocycles. The van der Waals surface area contributed by atoms with E-state index in [0.29, 0.717) is 13.1 Å². The summed E-state index contributed by atoms with van der Waals surface area (Å²) in [5, 5.41) is 18.8. The van der Waals surface area contributed by atoms with Gasteiger partial charge < -0.3 is 10.4 Å². The first kappa shape index (κ1) is 14.5. The van der Waals surface area contributed by atoms with Crippen molar-refractivity contribution in [2.75, 3.05) is 6.54 Å². The summed E-state index contributed by atoms with van der Waals surface area (Å²) >= 11 is 0. The fourth-order valence-electron chi connectivity index (χ4n) is 2.47. The smallest absolute Gasteiger partial charge is 0.358 e. The largest absolute Gasteiger partial charge is 0.476 e. The van der Waals surface area contributed by atoms with Crippen molar-refractivity contribution in [2.24, 2.45) is 11.8 Å². The molecule has 2 rings (SSSR count). The highest BCUT2D eigenvalue weighted by atomic mass is 16.4. The van der Waals surface area contributed by atoms with Gasteiger partial charge in [-0.25, -0.2) is 9.48 Å². The zero-order valence-electron chi connectivity index (χ0n) is 11.6. The lowest BCUT2D eigenvalue weighted by Crippen LogP contribution is -2.34. The Morgan fingerprint density at radius 2 is 2.10 bits per heavy atom. The minimum atomic E-state index is -1.10. The Morgan fingerprint density at radius 3 is 2.70 bits per heavy atom. The van der Waals surface area contributed by atoms with Gasteiger partial charge in [0.2, 0.25) is 5.91 Å². The third-order valence-electron chi connectivity index (χ3n) is 3.78. The molecule has 1 amide bonds. The lowest BCUT2D eigenvalue weighted by Gasteiger charge is -2.25. The van der Waals surface area contributed by atoms with Crippen molar-refractivity contribution in [1.29, 1.82) is 0 Å². The molecule has 0 bridgehead atoms. The third-order valence-corrected chi connectivity index (χ3v) is 3.78. The summed E-state index contributed by atoms with van der Waals surface area (Å²) in [4.78, 5) is 22.6. The van der Waals surface area contributed by atoms with E-state index in [2.05, 4.69) is 22.6 Å². The monoisotopic (exact) mass is 280 g/mol. The van der Waals surface area contributed by atoms with Gasteiger partial charge in [0.1, 0.15) is 0 Å². The SMILES string of the molecule is CC1CCC(C(=O)NCCn2cc(C(=O)O)nn2)CC1. The third kappa shape index (κ3) is 3.79. The molecule has 1 aliphatic carbocycles. The molecule has 1 fully saturated rings. The van der Waals surface area contributed by atoms with Crippen LogP contribution in [0.1, 0.15) is 43.1 Å². The summed E-state index contributed by atoms with van der Waals surface area (Å²) in [5.74, 6) is -0.160. The second kappa shape index (κ2) is 6.49. The van der Waals surface area contributed by atoms with E-state index in [0.717, 1.165) is 31.6 Å². The average Bonchev–Trinajstić information content (AvgIpc) is 2.88. The zero-order chi connectivity index (χ0) is 14.5. The van der Waals surface area contributed by atoms with Gasteiger partial charge >= 0.3 is 5.97 Å². The van der Waals surface area contributed by atoms with Crippen LogP contribution >= 0.6 is 0 Å². The van der Waals surface area contributed by atoms with Crippen LogP contribution in [0, 0.1) is 11.8 Å². The number of carbonyl (C=O) groups is 2. The Morgan fingerprint density at radius 1 is 1.40 bits per heavy atom. The molecule has 0 unspecified atom stereocenters. The molecule has 1 saturated carbocycles. The highest BCUT2D eigenvalue weighted by molar-refractivity contribution is 5.84. The van der Waals surface area contributed by atoms with Crippen LogP contribution < -0.4 is 5.32 Å². The molecule has 0 aromatic carbocycles. The van der Waals surface area contributed by atoms with Crippen LogP contribution in [-0.2, 0) is 11.3 Å². The van der Waals surface area contributed by atoms with Crippen LogP contribution in [0.2, 0.25) is 0 Å². The molecule has 1 aliphatic rings. The summed E-state index contributed by atoms with van der Waals surface area (Å²) < 4.78 is 1.42. The fraction of sp³-hybridized carbons (Fsp3) is 0.692. The minimum Gasteiger partial charge on any atom is -0.476 e. The van der Waals surface area contributed by atoms with Crippen LogP contribution in [0.15, 0.2) is 6.20 Å². The quantitative estimate of drug-likeness (QED) is 0.836. The molecule has 0 aliphatic heterocycles. The van der Waals surface area contributed by atoms with Crippen LogP contribution in [0.25, 0.3) is 0 Å². The van der Waals surface area contributed by atoms with E-state index in [1.807, 2.05) is 0 Å². The van der Waals surface area contributed by atoms with Crippen LogP contribution in [0.3, 0.4) is 0 Å². The Bertz CT molecular complexity index is 478. The summed E-state index contributed by atoms with van der Waals surface area (Å²) in [6.45, 7) is 3.08. The van der Waals surface area contributed by atoms with Gasteiger partial charge in [-0.1, -0.05) is 12.1 Å².